The van der Waals surface area contributed by atoms with Gasteiger partial charge >= 0.3 is 5.76 Å². The van der Waals surface area contributed by atoms with Gasteiger partial charge < -0.3 is 9.73 Å². The zero-order valence-electron chi connectivity index (χ0n) is 13.4. The highest BCUT2D eigenvalue weighted by Gasteiger charge is 2.27. The molecule has 3 aromatic rings. The van der Waals surface area contributed by atoms with Crippen LogP contribution in [0.4, 0.5) is 0 Å². The number of nitrogens with one attached hydrogen (secondary N) is 1. The maximum Gasteiger partial charge on any atom is 0.419 e. The summed E-state index contributed by atoms with van der Waals surface area (Å²) in [5.74, 6) is -0.144. The number of rotatable bonds is 4. The van der Waals surface area contributed by atoms with E-state index in [1.165, 1.54) is 17.4 Å². The van der Waals surface area contributed by atoms with Crippen LogP contribution in [-0.4, -0.2) is 15.5 Å². The molecule has 0 unspecified atom stereocenters. The first kappa shape index (κ1) is 15.1. The van der Waals surface area contributed by atoms with Crippen molar-refractivity contribution in [3.63, 3.8) is 0 Å². The Morgan fingerprint density at radius 3 is 3.00 bits per heavy atom. The van der Waals surface area contributed by atoms with E-state index in [4.69, 9.17) is 4.42 Å². The summed E-state index contributed by atoms with van der Waals surface area (Å²) in [7, 11) is 1.62. The number of fused-ring (bicyclic) bond motifs is 1. The van der Waals surface area contributed by atoms with E-state index < -0.39 is 5.76 Å². The van der Waals surface area contributed by atoms with Crippen molar-refractivity contribution in [1.82, 2.24) is 14.9 Å². The lowest BCUT2D eigenvalue weighted by atomic mass is 10.1. The number of para-hydroxylation sites is 1. The minimum absolute atomic E-state index is 0.202. The molecule has 6 nitrogen and oxygen atoms in total. The molecule has 7 heteroatoms. The van der Waals surface area contributed by atoms with E-state index in [1.807, 2.05) is 12.3 Å². The summed E-state index contributed by atoms with van der Waals surface area (Å²) in [6.45, 7) is 1.91. The molecule has 0 spiro atoms. The van der Waals surface area contributed by atoms with Crippen LogP contribution in [0.5, 0.6) is 0 Å². The maximum atomic E-state index is 12.6. The zero-order chi connectivity index (χ0) is 16.8. The zero-order valence-corrected chi connectivity index (χ0v) is 14.2. The highest BCUT2D eigenvalue weighted by Crippen LogP contribution is 2.41. The summed E-state index contributed by atoms with van der Waals surface area (Å²) in [6.07, 6.45) is 2.42. The Bertz CT molecular complexity index is 981. The van der Waals surface area contributed by atoms with E-state index in [2.05, 4.69) is 10.3 Å². The first-order chi connectivity index (χ1) is 11.5. The molecular weight excluding hydrogens is 326 g/mol. The van der Waals surface area contributed by atoms with Crippen molar-refractivity contribution in [1.29, 1.82) is 0 Å². The molecule has 0 aliphatic heterocycles. The lowest BCUT2D eigenvalue weighted by molar-refractivity contribution is 0.0940. The highest BCUT2D eigenvalue weighted by atomic mass is 32.1. The summed E-state index contributed by atoms with van der Waals surface area (Å²) in [5, 5.41) is 6.10. The number of thiazole rings is 1. The number of amides is 1. The van der Waals surface area contributed by atoms with Crippen molar-refractivity contribution in [3.05, 3.63) is 50.4 Å². The molecule has 1 aliphatic carbocycles. The molecule has 0 radical (unpaired) electrons. The maximum absolute atomic E-state index is 12.6. The van der Waals surface area contributed by atoms with Gasteiger partial charge in [0.15, 0.2) is 5.58 Å². The van der Waals surface area contributed by atoms with Gasteiger partial charge in [0.2, 0.25) is 0 Å². The van der Waals surface area contributed by atoms with Gasteiger partial charge in [-0.3, -0.25) is 9.36 Å². The minimum atomic E-state index is -0.480. The van der Waals surface area contributed by atoms with Crippen LogP contribution in [-0.2, 0) is 7.05 Å². The number of aryl methyl sites for hydroxylation is 1. The van der Waals surface area contributed by atoms with Crippen LogP contribution in [0, 0.1) is 0 Å². The van der Waals surface area contributed by atoms with Crippen molar-refractivity contribution in [2.75, 3.05) is 0 Å². The van der Waals surface area contributed by atoms with Crippen molar-refractivity contribution in [3.8, 4) is 0 Å². The second-order valence-corrected chi connectivity index (χ2v) is 7.05. The molecule has 24 heavy (non-hydrogen) atoms. The first-order valence-electron chi connectivity index (χ1n) is 7.89. The van der Waals surface area contributed by atoms with Gasteiger partial charge in [-0.1, -0.05) is 6.07 Å². The van der Waals surface area contributed by atoms with E-state index in [1.54, 1.807) is 36.6 Å². The fourth-order valence-electron chi connectivity index (χ4n) is 2.69. The number of aromatic nitrogens is 2. The number of nitrogens with zero attached hydrogens (tertiary/aromatic N) is 2. The van der Waals surface area contributed by atoms with Gasteiger partial charge in [0.05, 0.1) is 27.8 Å². The predicted molar refractivity (Wildman–Crippen MR) is 91.4 cm³/mol. The molecule has 1 aromatic carbocycles. The van der Waals surface area contributed by atoms with Gasteiger partial charge in [0, 0.05) is 18.3 Å². The minimum Gasteiger partial charge on any atom is -0.407 e. The van der Waals surface area contributed by atoms with Crippen LogP contribution in [0.25, 0.3) is 11.1 Å². The molecule has 1 aliphatic rings. The summed E-state index contributed by atoms with van der Waals surface area (Å²) < 4.78 is 6.60. The Morgan fingerprint density at radius 2 is 2.25 bits per heavy atom. The van der Waals surface area contributed by atoms with Crippen LogP contribution in [0.1, 0.15) is 52.8 Å². The second kappa shape index (κ2) is 5.59. The molecule has 1 amide bonds. The third kappa shape index (κ3) is 2.54. The second-order valence-electron chi connectivity index (χ2n) is 6.16. The monoisotopic (exact) mass is 343 g/mol. The van der Waals surface area contributed by atoms with Gasteiger partial charge in [-0.2, -0.15) is 0 Å². The summed E-state index contributed by atoms with van der Waals surface area (Å²) in [4.78, 5) is 28.9. The summed E-state index contributed by atoms with van der Waals surface area (Å²) in [5.41, 5.74) is 2.14. The molecule has 1 fully saturated rings. The van der Waals surface area contributed by atoms with Crippen molar-refractivity contribution in [2.24, 2.45) is 7.05 Å². The Hall–Kier alpha value is -2.41. The normalized spacial score (nSPS) is 15.6. The van der Waals surface area contributed by atoms with E-state index in [0.717, 1.165) is 10.7 Å². The standard InChI is InChI=1S/C17H17N3O3S/c1-9(12-8-24-16(19-12)10-6-7-10)18-15(21)11-4-3-5-13-14(11)23-17(22)20(13)2/h3-5,8-10H,6-7H2,1-2H3,(H,18,21)/t9-/m0/s1. The molecule has 124 valence electrons. The Balaban J connectivity index is 1.59. The average Bonchev–Trinajstić information content (AvgIpc) is 3.22. The molecule has 1 N–H and O–H groups in total. The number of hydrogen-bond acceptors (Lipinski definition) is 5. The molecule has 0 bridgehead atoms. The molecule has 1 atom stereocenters. The Morgan fingerprint density at radius 1 is 1.46 bits per heavy atom. The molecule has 2 heterocycles. The van der Waals surface area contributed by atoms with Gasteiger partial charge in [0.1, 0.15) is 0 Å². The largest absolute Gasteiger partial charge is 0.419 e. The lowest BCUT2D eigenvalue weighted by Gasteiger charge is -2.11. The smallest absolute Gasteiger partial charge is 0.407 e. The molecule has 0 saturated heterocycles. The summed E-state index contributed by atoms with van der Waals surface area (Å²) >= 11 is 1.65. The van der Waals surface area contributed by atoms with E-state index >= 15 is 0 Å². The van der Waals surface area contributed by atoms with Crippen LogP contribution < -0.4 is 11.1 Å². The Kier molecular flexibility index (Phi) is 3.53. The Labute approximate surface area is 142 Å². The lowest BCUT2D eigenvalue weighted by Crippen LogP contribution is -2.27. The number of carbonyl (C=O) groups excluding carboxylic acids is 1. The molecule has 4 rings (SSSR count). The van der Waals surface area contributed by atoms with Crippen molar-refractivity contribution in [2.45, 2.75) is 31.7 Å². The summed E-state index contributed by atoms with van der Waals surface area (Å²) in [6, 6.07) is 4.95. The van der Waals surface area contributed by atoms with Gasteiger partial charge in [-0.15, -0.1) is 11.3 Å². The molecule has 2 aromatic heterocycles. The number of hydrogen-bond donors (Lipinski definition) is 1. The topological polar surface area (TPSA) is 77.1 Å². The van der Waals surface area contributed by atoms with Crippen LogP contribution >= 0.6 is 11.3 Å². The van der Waals surface area contributed by atoms with Crippen LogP contribution in [0.2, 0.25) is 0 Å². The van der Waals surface area contributed by atoms with Crippen LogP contribution in [0.3, 0.4) is 0 Å². The van der Waals surface area contributed by atoms with Crippen molar-refractivity contribution >= 4 is 28.3 Å². The number of oxazole rings is 1. The SMILES string of the molecule is C[C@H](NC(=O)c1cccc2c1oc(=O)n2C)c1csc(C2CC2)n1. The third-order valence-electron chi connectivity index (χ3n) is 4.32. The first-order valence-corrected chi connectivity index (χ1v) is 8.77. The molecular formula is C17H17N3O3S. The predicted octanol–water partition coefficient (Wildman–Crippen LogP) is 2.96. The quantitative estimate of drug-likeness (QED) is 0.790. The van der Waals surface area contributed by atoms with Crippen LogP contribution in [0.15, 0.2) is 32.8 Å². The average molecular weight is 343 g/mol. The fourth-order valence-corrected chi connectivity index (χ4v) is 3.78. The van der Waals surface area contributed by atoms with Gasteiger partial charge in [-0.25, -0.2) is 9.78 Å². The third-order valence-corrected chi connectivity index (χ3v) is 5.35. The van der Waals surface area contributed by atoms with Crippen molar-refractivity contribution < 1.29 is 9.21 Å². The van der Waals surface area contributed by atoms with E-state index in [0.29, 0.717) is 22.6 Å². The number of carbonyl (C=O) groups is 1. The van der Waals surface area contributed by atoms with E-state index in [-0.39, 0.29) is 11.9 Å². The highest BCUT2D eigenvalue weighted by molar-refractivity contribution is 7.09. The van der Waals surface area contributed by atoms with Gasteiger partial charge in [-0.05, 0) is 31.9 Å². The van der Waals surface area contributed by atoms with Gasteiger partial charge in [0.25, 0.3) is 5.91 Å². The molecule has 1 saturated carbocycles. The van der Waals surface area contributed by atoms with E-state index in [9.17, 15) is 9.59 Å². The number of benzene rings is 1. The fraction of sp³-hybridized carbons (Fsp3) is 0.353.